The third kappa shape index (κ3) is 4.28. The molecule has 0 saturated carbocycles. The quantitative estimate of drug-likeness (QED) is 0.410. The number of hydrogen-bond donors (Lipinski definition) is 3. The van der Waals surface area contributed by atoms with E-state index in [2.05, 4.69) is 36.4 Å². The second kappa shape index (κ2) is 9.24. The van der Waals surface area contributed by atoms with Crippen LogP contribution in [0.15, 0.2) is 22.7 Å². The first-order valence-corrected chi connectivity index (χ1v) is 12.5. The molecule has 168 valence electrons. The lowest BCUT2D eigenvalue weighted by molar-refractivity contribution is -0.110. The number of amides is 2. The van der Waals surface area contributed by atoms with Gasteiger partial charge in [-0.3, -0.25) is 9.59 Å². The van der Waals surface area contributed by atoms with Gasteiger partial charge >= 0.3 is 0 Å². The van der Waals surface area contributed by atoms with Gasteiger partial charge in [0, 0.05) is 28.0 Å². The van der Waals surface area contributed by atoms with Crippen LogP contribution in [-0.2, 0) is 17.6 Å². The molecule has 1 aromatic carbocycles. The normalized spacial score (nSPS) is 19.2. The Morgan fingerprint density at radius 2 is 1.91 bits per heavy atom. The van der Waals surface area contributed by atoms with Crippen LogP contribution in [0.3, 0.4) is 0 Å². The molecule has 3 N–H and O–H groups in total. The molecule has 0 radical (unpaired) electrons. The summed E-state index contributed by atoms with van der Waals surface area (Å²) >= 11 is 3.50. The summed E-state index contributed by atoms with van der Waals surface area (Å²) in [6.07, 6.45) is 9.50. The van der Waals surface area contributed by atoms with Crippen molar-refractivity contribution in [2.24, 2.45) is 0 Å². The molecule has 5 rings (SSSR count). The maximum absolute atomic E-state index is 13.0. The van der Waals surface area contributed by atoms with Crippen molar-refractivity contribution in [2.45, 2.75) is 44.9 Å². The molecule has 0 atom stereocenters. The average molecular weight is 497 g/mol. The van der Waals surface area contributed by atoms with Crippen LogP contribution in [0.5, 0.6) is 0 Å². The summed E-state index contributed by atoms with van der Waals surface area (Å²) in [5.74, 6) is -0.140. The molecule has 0 spiro atoms. The van der Waals surface area contributed by atoms with Crippen LogP contribution in [0, 0.1) is 0 Å². The minimum absolute atomic E-state index is 0.0340. The highest BCUT2D eigenvalue weighted by molar-refractivity contribution is 9.10. The number of nitrogens with one attached hydrogen (secondary N) is 3. The first kappa shape index (κ1) is 21.5. The molecule has 7 heteroatoms. The van der Waals surface area contributed by atoms with Gasteiger partial charge in [0.2, 0.25) is 0 Å². The summed E-state index contributed by atoms with van der Waals surface area (Å²) in [6, 6.07) is 5.79. The van der Waals surface area contributed by atoms with Gasteiger partial charge in [-0.1, -0.05) is 15.9 Å². The van der Waals surface area contributed by atoms with Crippen molar-refractivity contribution in [2.75, 3.05) is 31.5 Å². The molecule has 2 aromatic rings. The molecule has 0 unspecified atom stereocenters. The Balaban J connectivity index is 1.37. The smallest absolute Gasteiger partial charge is 0.268 e. The highest BCUT2D eigenvalue weighted by atomic mass is 79.9. The van der Waals surface area contributed by atoms with Crippen LogP contribution in [0.2, 0.25) is 0 Å². The molecule has 6 nitrogen and oxygen atoms in total. The first-order valence-electron chi connectivity index (χ1n) is 11.7. The number of hydrogen-bond acceptors (Lipinski definition) is 3. The van der Waals surface area contributed by atoms with Crippen LogP contribution in [0.25, 0.3) is 11.6 Å². The Kier molecular flexibility index (Phi) is 6.20. The molecular weight excluding hydrogens is 468 g/mol. The number of carbonyl (C=O) groups is 2. The van der Waals surface area contributed by atoms with Crippen LogP contribution >= 0.6 is 15.9 Å². The predicted octanol–water partition coefficient (Wildman–Crippen LogP) is 4.36. The Morgan fingerprint density at radius 1 is 1.12 bits per heavy atom. The van der Waals surface area contributed by atoms with Gasteiger partial charge in [0.05, 0.1) is 5.57 Å². The van der Waals surface area contributed by atoms with Gasteiger partial charge in [-0.25, -0.2) is 0 Å². The zero-order chi connectivity index (χ0) is 22.1. The number of nitrogens with zero attached hydrogens (tertiary/aromatic N) is 1. The van der Waals surface area contributed by atoms with E-state index in [1.165, 1.54) is 31.5 Å². The number of benzene rings is 1. The van der Waals surface area contributed by atoms with Gasteiger partial charge in [-0.05, 0) is 100.0 Å². The maximum atomic E-state index is 13.0. The van der Waals surface area contributed by atoms with E-state index in [0.717, 1.165) is 65.6 Å². The van der Waals surface area contributed by atoms with Crippen molar-refractivity contribution < 1.29 is 9.59 Å². The predicted molar refractivity (Wildman–Crippen MR) is 131 cm³/mol. The lowest BCUT2D eigenvalue weighted by atomic mass is 9.91. The summed E-state index contributed by atoms with van der Waals surface area (Å²) in [6.45, 7) is 4.10. The van der Waals surface area contributed by atoms with Gasteiger partial charge in [0.1, 0.15) is 5.69 Å². The summed E-state index contributed by atoms with van der Waals surface area (Å²) in [5, 5.41) is 6.05. The fourth-order valence-electron chi connectivity index (χ4n) is 5.13. The highest BCUT2D eigenvalue weighted by Gasteiger charge is 2.27. The Bertz CT molecular complexity index is 1080. The maximum Gasteiger partial charge on any atom is 0.268 e. The van der Waals surface area contributed by atoms with Gasteiger partial charge in [-0.2, -0.15) is 0 Å². The molecule has 0 bridgehead atoms. The van der Waals surface area contributed by atoms with E-state index < -0.39 is 0 Å². The molecule has 1 aliphatic carbocycles. The second-order valence-corrected chi connectivity index (χ2v) is 9.85. The second-order valence-electron chi connectivity index (χ2n) is 8.94. The number of carbonyl (C=O) groups excluding carboxylic acids is 2. The summed E-state index contributed by atoms with van der Waals surface area (Å²) in [7, 11) is 0. The third-order valence-corrected chi connectivity index (χ3v) is 7.26. The first-order chi connectivity index (χ1) is 15.6. The van der Waals surface area contributed by atoms with Crippen LogP contribution in [-0.4, -0.2) is 47.9 Å². The van der Waals surface area contributed by atoms with E-state index in [4.69, 9.17) is 0 Å². The minimum atomic E-state index is -0.106. The van der Waals surface area contributed by atoms with Crippen LogP contribution in [0.1, 0.15) is 65.0 Å². The zero-order valence-corrected chi connectivity index (χ0v) is 19.8. The van der Waals surface area contributed by atoms with Crippen molar-refractivity contribution in [3.63, 3.8) is 0 Å². The Hall–Kier alpha value is -2.38. The van der Waals surface area contributed by atoms with Gasteiger partial charge in [-0.15, -0.1) is 0 Å². The summed E-state index contributed by atoms with van der Waals surface area (Å²) in [5.41, 5.74) is 6.20. The number of fused-ring (bicyclic) bond motifs is 2. The van der Waals surface area contributed by atoms with Gasteiger partial charge < -0.3 is 20.5 Å². The molecule has 2 aliphatic heterocycles. The lowest BCUT2D eigenvalue weighted by Crippen LogP contribution is -2.29. The van der Waals surface area contributed by atoms with Crippen molar-refractivity contribution in [1.82, 2.24) is 15.2 Å². The molecule has 1 aromatic heterocycles. The van der Waals surface area contributed by atoms with E-state index in [0.29, 0.717) is 17.8 Å². The number of halogens is 1. The molecule has 32 heavy (non-hydrogen) atoms. The Morgan fingerprint density at radius 3 is 2.72 bits per heavy atom. The van der Waals surface area contributed by atoms with Gasteiger partial charge in [0.25, 0.3) is 11.8 Å². The number of aromatic nitrogens is 1. The number of anilines is 1. The molecule has 1 saturated heterocycles. The zero-order valence-electron chi connectivity index (χ0n) is 18.2. The molecule has 1 fully saturated rings. The number of aromatic amines is 1. The summed E-state index contributed by atoms with van der Waals surface area (Å²) < 4.78 is 0.932. The largest absolute Gasteiger partial charge is 0.351 e. The van der Waals surface area contributed by atoms with Crippen molar-refractivity contribution in [3.05, 3.63) is 50.8 Å². The number of H-pyrrole nitrogens is 1. The highest BCUT2D eigenvalue weighted by Crippen LogP contribution is 2.37. The van der Waals surface area contributed by atoms with E-state index in [1.807, 2.05) is 24.3 Å². The average Bonchev–Trinajstić information content (AvgIpc) is 3.51. The summed E-state index contributed by atoms with van der Waals surface area (Å²) in [4.78, 5) is 31.5. The van der Waals surface area contributed by atoms with Gasteiger partial charge in [0.15, 0.2) is 0 Å². The number of rotatable bonds is 6. The monoisotopic (exact) mass is 496 g/mol. The molecule has 2 amide bonds. The van der Waals surface area contributed by atoms with E-state index in [-0.39, 0.29) is 11.8 Å². The van der Waals surface area contributed by atoms with Crippen molar-refractivity contribution in [3.8, 4) is 0 Å². The Labute approximate surface area is 197 Å². The fraction of sp³-hybridized carbons (Fsp3) is 0.440. The number of likely N-dealkylation sites (tertiary alicyclic amines) is 1. The molecular formula is C25H29BrN4O2. The fourth-order valence-corrected chi connectivity index (χ4v) is 5.49. The minimum Gasteiger partial charge on any atom is -0.351 e. The topological polar surface area (TPSA) is 77.2 Å². The van der Waals surface area contributed by atoms with Crippen LogP contribution < -0.4 is 10.6 Å². The van der Waals surface area contributed by atoms with Crippen molar-refractivity contribution >= 4 is 45.1 Å². The van der Waals surface area contributed by atoms with Crippen LogP contribution in [0.4, 0.5) is 5.69 Å². The third-order valence-electron chi connectivity index (χ3n) is 6.77. The van der Waals surface area contributed by atoms with E-state index in [1.54, 1.807) is 0 Å². The van der Waals surface area contributed by atoms with E-state index >= 15 is 0 Å². The standard InChI is InChI=1S/C25H29BrN4O2/c26-16-8-9-21-19(14-16)20(24(31)29-21)15-22-17-6-1-2-7-18(17)23(28-22)25(32)27-10-5-13-30-11-3-4-12-30/h8-9,14-15,28H,1-7,10-13H2,(H,27,32)(H,29,31). The lowest BCUT2D eigenvalue weighted by Gasteiger charge is -2.15. The molecule has 3 heterocycles. The van der Waals surface area contributed by atoms with Crippen molar-refractivity contribution in [1.29, 1.82) is 0 Å². The van der Waals surface area contributed by atoms with E-state index in [9.17, 15) is 9.59 Å². The molecule has 3 aliphatic rings. The SMILES string of the molecule is O=C1Nc2ccc(Br)cc2C1=Cc1[nH]c(C(=O)NCCCN2CCCC2)c2c1CCCC2.